The van der Waals surface area contributed by atoms with Gasteiger partial charge in [-0.3, -0.25) is 9.48 Å². The lowest BCUT2D eigenvalue weighted by Gasteiger charge is -2.20. The number of nitrogens with zero attached hydrogens (tertiary/aromatic N) is 3. The lowest BCUT2D eigenvalue weighted by Crippen LogP contribution is -2.41. The van der Waals surface area contributed by atoms with Crippen LogP contribution in [0.3, 0.4) is 0 Å². The molecule has 1 aliphatic rings. The number of carboxylic acids is 1. The Morgan fingerprint density at radius 1 is 1.55 bits per heavy atom. The van der Waals surface area contributed by atoms with E-state index in [1.54, 1.807) is 16.5 Å². The topological polar surface area (TPSA) is 87.5 Å². The van der Waals surface area contributed by atoms with E-state index in [0.717, 1.165) is 5.69 Å². The van der Waals surface area contributed by atoms with E-state index in [1.807, 2.05) is 19.3 Å². The Balaban J connectivity index is 1.77. The van der Waals surface area contributed by atoms with Crippen LogP contribution in [0.25, 0.3) is 0 Å². The third-order valence-corrected chi connectivity index (χ3v) is 3.70. The van der Waals surface area contributed by atoms with Crippen LogP contribution in [-0.2, 0) is 18.3 Å². The van der Waals surface area contributed by atoms with Crippen LogP contribution in [0.15, 0.2) is 12.3 Å². The van der Waals surface area contributed by atoms with Gasteiger partial charge < -0.3 is 15.3 Å². The number of amides is 2. The molecule has 0 aromatic carbocycles. The van der Waals surface area contributed by atoms with Crippen molar-refractivity contribution in [2.24, 2.45) is 12.5 Å². The first-order valence-corrected chi connectivity index (χ1v) is 6.65. The number of carbonyl (C=O) groups excluding carboxylic acids is 1. The van der Waals surface area contributed by atoms with Crippen molar-refractivity contribution in [1.29, 1.82) is 0 Å². The molecule has 7 heteroatoms. The summed E-state index contributed by atoms with van der Waals surface area (Å²) in [6.45, 7) is 2.92. The van der Waals surface area contributed by atoms with Gasteiger partial charge >= 0.3 is 12.0 Å². The molecule has 20 heavy (non-hydrogen) atoms. The van der Waals surface area contributed by atoms with Crippen molar-refractivity contribution in [2.45, 2.75) is 19.8 Å². The summed E-state index contributed by atoms with van der Waals surface area (Å²) in [5, 5.41) is 16.2. The average molecular weight is 280 g/mol. The number of carbonyl (C=O) groups is 2. The van der Waals surface area contributed by atoms with E-state index in [0.29, 0.717) is 25.9 Å². The second-order valence-electron chi connectivity index (χ2n) is 5.50. The highest BCUT2D eigenvalue weighted by Gasteiger charge is 2.42. The number of urea groups is 1. The fourth-order valence-corrected chi connectivity index (χ4v) is 2.31. The van der Waals surface area contributed by atoms with Crippen molar-refractivity contribution in [3.05, 3.63) is 18.0 Å². The first-order chi connectivity index (χ1) is 9.40. The first kappa shape index (κ1) is 14.4. The van der Waals surface area contributed by atoms with Crippen molar-refractivity contribution < 1.29 is 14.7 Å². The van der Waals surface area contributed by atoms with E-state index in [4.69, 9.17) is 5.11 Å². The largest absolute Gasteiger partial charge is 0.481 e. The van der Waals surface area contributed by atoms with E-state index >= 15 is 0 Å². The van der Waals surface area contributed by atoms with Gasteiger partial charge in [0.25, 0.3) is 0 Å². The zero-order valence-electron chi connectivity index (χ0n) is 11.8. The SMILES string of the molecule is Cn1ccc(CCNC(=O)N2CCC(C)(C(=O)O)C2)n1. The summed E-state index contributed by atoms with van der Waals surface area (Å²) in [7, 11) is 1.85. The van der Waals surface area contributed by atoms with E-state index < -0.39 is 11.4 Å². The molecule has 2 amide bonds. The van der Waals surface area contributed by atoms with E-state index in [9.17, 15) is 9.59 Å². The molecule has 110 valence electrons. The smallest absolute Gasteiger partial charge is 0.317 e. The molecule has 2 heterocycles. The van der Waals surface area contributed by atoms with Gasteiger partial charge in [-0.1, -0.05) is 0 Å². The van der Waals surface area contributed by atoms with Crippen LogP contribution >= 0.6 is 0 Å². The predicted molar refractivity (Wildman–Crippen MR) is 72.2 cm³/mol. The van der Waals surface area contributed by atoms with Gasteiger partial charge in [0, 0.05) is 39.3 Å². The summed E-state index contributed by atoms with van der Waals surface area (Å²) in [6.07, 6.45) is 3.02. The van der Waals surface area contributed by atoms with Gasteiger partial charge in [0.05, 0.1) is 11.1 Å². The minimum atomic E-state index is -0.846. The maximum Gasteiger partial charge on any atom is 0.317 e. The number of nitrogens with one attached hydrogen (secondary N) is 1. The predicted octanol–water partition coefficient (Wildman–Crippen LogP) is 0.469. The lowest BCUT2D eigenvalue weighted by atomic mass is 9.90. The van der Waals surface area contributed by atoms with Crippen LogP contribution in [0.4, 0.5) is 4.79 Å². The number of aryl methyl sites for hydroxylation is 1. The molecule has 0 bridgehead atoms. The standard InChI is InChI=1S/C13H20N4O3/c1-13(11(18)19)5-8-17(9-13)12(20)14-6-3-10-4-7-16(2)15-10/h4,7H,3,5-6,8-9H2,1-2H3,(H,14,20)(H,18,19). The molecular weight excluding hydrogens is 260 g/mol. The Kier molecular flexibility index (Phi) is 3.96. The van der Waals surface area contributed by atoms with Crippen LogP contribution in [0, 0.1) is 5.41 Å². The fraction of sp³-hybridized carbons (Fsp3) is 0.615. The summed E-state index contributed by atoms with van der Waals surface area (Å²) >= 11 is 0. The Morgan fingerprint density at radius 2 is 2.30 bits per heavy atom. The zero-order chi connectivity index (χ0) is 14.8. The third kappa shape index (κ3) is 3.09. The number of likely N-dealkylation sites (tertiary alicyclic amines) is 1. The maximum atomic E-state index is 11.9. The second kappa shape index (κ2) is 5.52. The first-order valence-electron chi connectivity index (χ1n) is 6.65. The number of hydrogen-bond acceptors (Lipinski definition) is 3. The van der Waals surface area contributed by atoms with Crippen molar-refractivity contribution in [2.75, 3.05) is 19.6 Å². The van der Waals surface area contributed by atoms with Crippen LogP contribution in [0.2, 0.25) is 0 Å². The number of rotatable bonds is 4. The van der Waals surface area contributed by atoms with Gasteiger partial charge in [-0.2, -0.15) is 5.10 Å². The molecular formula is C13H20N4O3. The van der Waals surface area contributed by atoms with Crippen LogP contribution < -0.4 is 5.32 Å². The summed E-state index contributed by atoms with van der Waals surface area (Å²) in [6, 6.07) is 1.70. The van der Waals surface area contributed by atoms with E-state index in [1.165, 1.54) is 0 Å². The van der Waals surface area contributed by atoms with Crippen molar-refractivity contribution in [3.63, 3.8) is 0 Å². The summed E-state index contributed by atoms with van der Waals surface area (Å²) in [5.74, 6) is -0.846. The summed E-state index contributed by atoms with van der Waals surface area (Å²) < 4.78 is 1.72. The number of hydrogen-bond donors (Lipinski definition) is 2. The fourth-order valence-electron chi connectivity index (χ4n) is 2.31. The highest BCUT2D eigenvalue weighted by atomic mass is 16.4. The molecule has 1 fully saturated rings. The number of aromatic nitrogens is 2. The number of aliphatic carboxylic acids is 1. The normalized spacial score (nSPS) is 22.0. The lowest BCUT2D eigenvalue weighted by molar-refractivity contribution is -0.146. The molecule has 2 rings (SSSR count). The Hall–Kier alpha value is -2.05. The highest BCUT2D eigenvalue weighted by molar-refractivity contribution is 5.79. The van der Waals surface area contributed by atoms with Gasteiger partial charge in [-0.05, 0) is 19.4 Å². The van der Waals surface area contributed by atoms with Crippen LogP contribution in [0.1, 0.15) is 19.0 Å². The molecule has 1 aliphatic heterocycles. The number of carboxylic acid groups (broad SMARTS) is 1. The monoisotopic (exact) mass is 280 g/mol. The van der Waals surface area contributed by atoms with Crippen molar-refractivity contribution in [1.82, 2.24) is 20.0 Å². The van der Waals surface area contributed by atoms with Gasteiger partial charge in [0.2, 0.25) is 0 Å². The zero-order valence-corrected chi connectivity index (χ0v) is 11.8. The molecule has 1 unspecified atom stereocenters. The van der Waals surface area contributed by atoms with Crippen LogP contribution in [-0.4, -0.2) is 51.4 Å². The Labute approximate surface area is 117 Å². The molecule has 1 atom stereocenters. The summed E-state index contributed by atoms with van der Waals surface area (Å²) in [5.41, 5.74) is 0.0998. The highest BCUT2D eigenvalue weighted by Crippen LogP contribution is 2.29. The second-order valence-corrected chi connectivity index (χ2v) is 5.50. The molecule has 1 aromatic heterocycles. The average Bonchev–Trinajstić information content (AvgIpc) is 2.97. The molecule has 2 N–H and O–H groups in total. The summed E-state index contributed by atoms with van der Waals surface area (Å²) in [4.78, 5) is 24.6. The van der Waals surface area contributed by atoms with Gasteiger partial charge in [-0.25, -0.2) is 4.79 Å². The minimum absolute atomic E-state index is 0.203. The van der Waals surface area contributed by atoms with Gasteiger partial charge in [-0.15, -0.1) is 0 Å². The molecule has 0 radical (unpaired) electrons. The maximum absolute atomic E-state index is 11.9. The Morgan fingerprint density at radius 3 is 2.85 bits per heavy atom. The molecule has 0 spiro atoms. The minimum Gasteiger partial charge on any atom is -0.481 e. The molecule has 7 nitrogen and oxygen atoms in total. The van der Waals surface area contributed by atoms with Crippen LogP contribution in [0.5, 0.6) is 0 Å². The van der Waals surface area contributed by atoms with Gasteiger partial charge in [0.15, 0.2) is 0 Å². The van der Waals surface area contributed by atoms with E-state index in [2.05, 4.69) is 10.4 Å². The van der Waals surface area contributed by atoms with E-state index in [-0.39, 0.29) is 12.6 Å². The molecule has 0 saturated carbocycles. The van der Waals surface area contributed by atoms with Gasteiger partial charge in [0.1, 0.15) is 0 Å². The molecule has 1 aromatic rings. The van der Waals surface area contributed by atoms with Crippen molar-refractivity contribution in [3.8, 4) is 0 Å². The molecule has 0 aliphatic carbocycles. The molecule has 1 saturated heterocycles. The Bertz CT molecular complexity index is 513. The third-order valence-electron chi connectivity index (χ3n) is 3.70. The quantitative estimate of drug-likeness (QED) is 0.839. The van der Waals surface area contributed by atoms with Crippen molar-refractivity contribution >= 4 is 12.0 Å².